The number of hydrogen-bond acceptors (Lipinski definition) is 2. The number of phenols is 1. The van der Waals surface area contributed by atoms with Gasteiger partial charge in [0.25, 0.3) is 0 Å². The molecular weight excluding hydrogens is 297 g/mol. The van der Waals surface area contributed by atoms with Crippen LogP contribution in [0.15, 0.2) is 46.9 Å². The van der Waals surface area contributed by atoms with Crippen LogP contribution >= 0.6 is 15.9 Å². The number of phenolic OH excluding ortho intramolecular Hbond substituents is 1. The number of nitrogens with one attached hydrogen (secondary N) is 1. The van der Waals surface area contributed by atoms with Gasteiger partial charge in [0.15, 0.2) is 0 Å². The molecule has 0 radical (unpaired) electrons. The highest BCUT2D eigenvalue weighted by Gasteiger charge is 2.03. The molecule has 0 fully saturated rings. The fourth-order valence-electron chi connectivity index (χ4n) is 1.67. The van der Waals surface area contributed by atoms with Crippen LogP contribution in [0.2, 0.25) is 0 Å². The highest BCUT2D eigenvalue weighted by molar-refractivity contribution is 9.10. The summed E-state index contributed by atoms with van der Waals surface area (Å²) >= 11 is 3.31. The van der Waals surface area contributed by atoms with Gasteiger partial charge in [-0.3, -0.25) is 0 Å². The zero-order valence-corrected chi connectivity index (χ0v) is 11.2. The molecule has 2 aromatic carbocycles. The summed E-state index contributed by atoms with van der Waals surface area (Å²) in [7, 11) is 0. The Morgan fingerprint density at radius 1 is 1.06 bits per heavy atom. The third kappa shape index (κ3) is 3.31. The van der Waals surface area contributed by atoms with Crippen molar-refractivity contribution >= 4 is 15.9 Å². The zero-order chi connectivity index (χ0) is 13.0. The molecule has 2 rings (SSSR count). The third-order valence-corrected chi connectivity index (χ3v) is 3.12. The first-order valence-electron chi connectivity index (χ1n) is 5.58. The van der Waals surface area contributed by atoms with E-state index in [0.717, 1.165) is 10.0 Å². The topological polar surface area (TPSA) is 32.3 Å². The second-order valence-corrected chi connectivity index (χ2v) is 4.88. The smallest absolute Gasteiger partial charge is 0.127 e. The Morgan fingerprint density at radius 3 is 2.56 bits per heavy atom. The summed E-state index contributed by atoms with van der Waals surface area (Å²) in [4.78, 5) is 0. The van der Waals surface area contributed by atoms with E-state index in [4.69, 9.17) is 0 Å². The van der Waals surface area contributed by atoms with Crippen molar-refractivity contribution in [1.82, 2.24) is 5.32 Å². The molecule has 0 unspecified atom stereocenters. The maximum atomic E-state index is 13.5. The minimum Gasteiger partial charge on any atom is -0.508 e. The molecule has 18 heavy (non-hydrogen) atoms. The fraction of sp³-hybridized carbons (Fsp3) is 0.143. The van der Waals surface area contributed by atoms with Crippen molar-refractivity contribution in [2.75, 3.05) is 0 Å². The van der Waals surface area contributed by atoms with Gasteiger partial charge in [-0.05, 0) is 24.3 Å². The average Bonchev–Trinajstić information content (AvgIpc) is 2.36. The zero-order valence-electron chi connectivity index (χ0n) is 9.66. The molecule has 0 bridgehead atoms. The van der Waals surface area contributed by atoms with Crippen molar-refractivity contribution in [1.29, 1.82) is 0 Å². The SMILES string of the molecule is Oc1ccccc1CNCc1cc(Br)ccc1F. The van der Waals surface area contributed by atoms with Crippen LogP contribution in [0.3, 0.4) is 0 Å². The number of benzene rings is 2. The quantitative estimate of drug-likeness (QED) is 0.904. The van der Waals surface area contributed by atoms with Gasteiger partial charge in [0, 0.05) is 28.7 Å². The lowest BCUT2D eigenvalue weighted by Crippen LogP contribution is -2.13. The normalized spacial score (nSPS) is 10.6. The summed E-state index contributed by atoms with van der Waals surface area (Å²) in [6, 6.07) is 11.9. The molecule has 0 amide bonds. The minimum atomic E-state index is -0.233. The summed E-state index contributed by atoms with van der Waals surface area (Å²) in [5, 5.41) is 12.7. The van der Waals surface area contributed by atoms with Gasteiger partial charge in [0.2, 0.25) is 0 Å². The first-order chi connectivity index (χ1) is 8.66. The fourth-order valence-corrected chi connectivity index (χ4v) is 2.08. The standard InChI is InChI=1S/C14H13BrFNO/c15-12-5-6-13(16)11(7-12)9-17-8-10-3-1-2-4-14(10)18/h1-7,17-18H,8-9H2. The van der Waals surface area contributed by atoms with E-state index in [1.807, 2.05) is 12.1 Å². The molecule has 2 aromatic rings. The van der Waals surface area contributed by atoms with Crippen LogP contribution < -0.4 is 5.32 Å². The van der Waals surface area contributed by atoms with Gasteiger partial charge in [0.1, 0.15) is 11.6 Å². The number of rotatable bonds is 4. The van der Waals surface area contributed by atoms with Crippen molar-refractivity contribution < 1.29 is 9.50 Å². The van der Waals surface area contributed by atoms with E-state index in [1.54, 1.807) is 24.3 Å². The van der Waals surface area contributed by atoms with E-state index < -0.39 is 0 Å². The Labute approximate surface area is 114 Å². The van der Waals surface area contributed by atoms with E-state index in [9.17, 15) is 9.50 Å². The van der Waals surface area contributed by atoms with Crippen LogP contribution in [0.5, 0.6) is 5.75 Å². The predicted octanol–water partition coefficient (Wildman–Crippen LogP) is 3.58. The molecule has 4 heteroatoms. The van der Waals surface area contributed by atoms with Crippen LogP contribution in [0.1, 0.15) is 11.1 Å². The molecule has 94 valence electrons. The van der Waals surface area contributed by atoms with Crippen molar-refractivity contribution in [3.8, 4) is 5.75 Å². The van der Waals surface area contributed by atoms with E-state index in [-0.39, 0.29) is 11.6 Å². The first-order valence-corrected chi connectivity index (χ1v) is 6.37. The monoisotopic (exact) mass is 309 g/mol. The second kappa shape index (κ2) is 5.98. The summed E-state index contributed by atoms with van der Waals surface area (Å²) in [6.45, 7) is 0.915. The molecule has 0 aliphatic carbocycles. The lowest BCUT2D eigenvalue weighted by atomic mass is 10.2. The van der Waals surface area contributed by atoms with Gasteiger partial charge in [-0.25, -0.2) is 4.39 Å². The number of hydrogen-bond donors (Lipinski definition) is 2. The highest BCUT2D eigenvalue weighted by atomic mass is 79.9. The lowest BCUT2D eigenvalue weighted by molar-refractivity contribution is 0.464. The summed E-state index contributed by atoms with van der Waals surface area (Å²) in [5.41, 5.74) is 1.40. The van der Waals surface area contributed by atoms with Crippen molar-refractivity contribution in [2.45, 2.75) is 13.1 Å². The number of halogens is 2. The second-order valence-electron chi connectivity index (χ2n) is 3.97. The maximum absolute atomic E-state index is 13.5. The van der Waals surface area contributed by atoms with Crippen molar-refractivity contribution in [3.63, 3.8) is 0 Å². The first kappa shape index (κ1) is 13.1. The molecule has 0 heterocycles. The highest BCUT2D eigenvalue weighted by Crippen LogP contribution is 2.17. The molecule has 0 aliphatic rings. The van der Waals surface area contributed by atoms with E-state index >= 15 is 0 Å². The van der Waals surface area contributed by atoms with Crippen LogP contribution in [-0.2, 0) is 13.1 Å². The Kier molecular flexibility index (Phi) is 4.33. The van der Waals surface area contributed by atoms with Crippen LogP contribution in [0.4, 0.5) is 4.39 Å². The number of para-hydroxylation sites is 1. The predicted molar refractivity (Wildman–Crippen MR) is 72.8 cm³/mol. The molecule has 0 atom stereocenters. The Morgan fingerprint density at radius 2 is 1.78 bits per heavy atom. The van der Waals surface area contributed by atoms with Crippen LogP contribution in [0.25, 0.3) is 0 Å². The average molecular weight is 310 g/mol. The van der Waals surface area contributed by atoms with E-state index in [0.29, 0.717) is 18.7 Å². The molecule has 2 nitrogen and oxygen atoms in total. The van der Waals surface area contributed by atoms with Crippen LogP contribution in [0, 0.1) is 5.82 Å². The van der Waals surface area contributed by atoms with Crippen molar-refractivity contribution in [3.05, 3.63) is 63.9 Å². The minimum absolute atomic E-state index is 0.233. The molecular formula is C14H13BrFNO. The molecule has 0 aliphatic heterocycles. The van der Waals surface area contributed by atoms with Gasteiger partial charge in [-0.1, -0.05) is 34.1 Å². The molecule has 0 aromatic heterocycles. The van der Waals surface area contributed by atoms with Gasteiger partial charge >= 0.3 is 0 Å². The molecule has 2 N–H and O–H groups in total. The van der Waals surface area contributed by atoms with E-state index in [2.05, 4.69) is 21.2 Å². The Balaban J connectivity index is 1.96. The largest absolute Gasteiger partial charge is 0.508 e. The van der Waals surface area contributed by atoms with Crippen molar-refractivity contribution in [2.24, 2.45) is 0 Å². The van der Waals surface area contributed by atoms with Gasteiger partial charge in [0.05, 0.1) is 0 Å². The summed E-state index contributed by atoms with van der Waals surface area (Å²) in [6.07, 6.45) is 0. The molecule has 0 saturated heterocycles. The Hall–Kier alpha value is -1.39. The number of aromatic hydroxyl groups is 1. The Bertz CT molecular complexity index is 545. The lowest BCUT2D eigenvalue weighted by Gasteiger charge is -2.08. The molecule has 0 saturated carbocycles. The third-order valence-electron chi connectivity index (χ3n) is 2.63. The van der Waals surface area contributed by atoms with Gasteiger partial charge in [-0.2, -0.15) is 0 Å². The van der Waals surface area contributed by atoms with Gasteiger partial charge < -0.3 is 10.4 Å². The summed E-state index contributed by atoms with van der Waals surface area (Å²) in [5.74, 6) is 0.0164. The maximum Gasteiger partial charge on any atom is 0.127 e. The summed E-state index contributed by atoms with van der Waals surface area (Å²) < 4.78 is 14.3. The van der Waals surface area contributed by atoms with Crippen LogP contribution in [-0.4, -0.2) is 5.11 Å². The van der Waals surface area contributed by atoms with E-state index in [1.165, 1.54) is 6.07 Å². The molecule has 0 spiro atoms. The van der Waals surface area contributed by atoms with Gasteiger partial charge in [-0.15, -0.1) is 0 Å².